The lowest BCUT2D eigenvalue weighted by atomic mass is 10.1. The average molecular weight is 167 g/mol. The van der Waals surface area contributed by atoms with Crippen molar-refractivity contribution in [3.05, 3.63) is 22.4 Å². The molecule has 0 aliphatic carbocycles. The Hall–Kier alpha value is -0.830. The van der Waals surface area contributed by atoms with Crippen LogP contribution in [0.25, 0.3) is 0 Å². The first kappa shape index (κ1) is 6.85. The number of thiophene rings is 1. The smallest absolute Gasteiger partial charge is 0.228 e. The van der Waals surface area contributed by atoms with E-state index in [2.05, 4.69) is 5.32 Å². The van der Waals surface area contributed by atoms with Crippen molar-refractivity contribution >= 4 is 17.2 Å². The molecule has 0 aromatic carbocycles. The van der Waals surface area contributed by atoms with E-state index in [9.17, 15) is 4.79 Å². The summed E-state index contributed by atoms with van der Waals surface area (Å²) in [5, 5.41) is 4.84. The van der Waals surface area contributed by atoms with E-state index in [0.29, 0.717) is 0 Å². The molecule has 0 bridgehead atoms. The molecule has 1 atom stereocenters. The molecule has 2 heterocycles. The largest absolute Gasteiger partial charge is 0.356 e. The van der Waals surface area contributed by atoms with Crippen molar-refractivity contribution < 1.29 is 4.79 Å². The van der Waals surface area contributed by atoms with Gasteiger partial charge in [0.1, 0.15) is 0 Å². The summed E-state index contributed by atoms with van der Waals surface area (Å²) in [6, 6.07) is 4.02. The minimum absolute atomic E-state index is 0.134. The summed E-state index contributed by atoms with van der Waals surface area (Å²) in [5.41, 5.74) is 0. The summed E-state index contributed by atoms with van der Waals surface area (Å²) in [5.74, 6) is 0.322. The number of amides is 1. The Labute approximate surface area is 69.2 Å². The Kier molecular flexibility index (Phi) is 1.66. The highest BCUT2D eigenvalue weighted by Crippen LogP contribution is 2.26. The number of carbonyl (C=O) groups is 1. The average Bonchev–Trinajstić information content (AvgIpc) is 2.55. The molecular formula is C8H9NOS. The molecule has 11 heavy (non-hydrogen) atoms. The molecule has 1 fully saturated rings. The van der Waals surface area contributed by atoms with Crippen LogP contribution in [0.15, 0.2) is 17.5 Å². The maximum Gasteiger partial charge on any atom is 0.228 e. The molecule has 0 radical (unpaired) electrons. The lowest BCUT2D eigenvalue weighted by Crippen LogP contribution is -2.17. The normalized spacial score (nSPS) is 23.6. The second kappa shape index (κ2) is 2.66. The third-order valence-electron chi connectivity index (χ3n) is 1.94. The summed E-state index contributed by atoms with van der Waals surface area (Å²) in [6.07, 6.45) is 0.958. The number of hydrogen-bond donors (Lipinski definition) is 1. The standard InChI is InChI=1S/C8H9NOS/c10-8-6(3-4-9-8)7-2-1-5-11-7/h1-2,5-6H,3-4H2,(H,9,10). The first-order valence-corrected chi connectivity index (χ1v) is 4.57. The summed E-state index contributed by atoms with van der Waals surface area (Å²) in [7, 11) is 0. The van der Waals surface area contributed by atoms with E-state index in [0.717, 1.165) is 13.0 Å². The first-order chi connectivity index (χ1) is 5.38. The zero-order chi connectivity index (χ0) is 7.68. The molecule has 3 heteroatoms. The van der Waals surface area contributed by atoms with Gasteiger partial charge in [-0.25, -0.2) is 0 Å². The monoisotopic (exact) mass is 167 g/mol. The van der Waals surface area contributed by atoms with E-state index in [-0.39, 0.29) is 11.8 Å². The van der Waals surface area contributed by atoms with Gasteiger partial charge in [0.15, 0.2) is 0 Å². The van der Waals surface area contributed by atoms with E-state index >= 15 is 0 Å². The van der Waals surface area contributed by atoms with Gasteiger partial charge in [-0.1, -0.05) is 6.07 Å². The van der Waals surface area contributed by atoms with Gasteiger partial charge in [-0.15, -0.1) is 11.3 Å². The lowest BCUT2D eigenvalue weighted by molar-refractivity contribution is -0.120. The van der Waals surface area contributed by atoms with Crippen LogP contribution < -0.4 is 5.32 Å². The zero-order valence-electron chi connectivity index (χ0n) is 6.04. The predicted molar refractivity (Wildman–Crippen MR) is 44.7 cm³/mol. The Bertz CT molecular complexity index is 255. The lowest BCUT2D eigenvalue weighted by Gasteiger charge is -2.00. The molecule has 2 nitrogen and oxygen atoms in total. The molecule has 58 valence electrons. The molecule has 1 aliphatic rings. The molecule has 1 amide bonds. The number of carbonyl (C=O) groups excluding carboxylic acids is 1. The quantitative estimate of drug-likeness (QED) is 0.672. The van der Waals surface area contributed by atoms with E-state index in [1.807, 2.05) is 17.5 Å². The number of nitrogens with one attached hydrogen (secondary N) is 1. The van der Waals surface area contributed by atoms with E-state index in [1.54, 1.807) is 11.3 Å². The molecule has 1 aromatic rings. The second-order valence-corrected chi connectivity index (χ2v) is 3.63. The number of rotatable bonds is 1. The summed E-state index contributed by atoms with van der Waals surface area (Å²) >= 11 is 1.66. The SMILES string of the molecule is O=C1NCCC1c1cccs1. The van der Waals surface area contributed by atoms with Crippen LogP contribution in [0.2, 0.25) is 0 Å². The molecule has 1 aromatic heterocycles. The van der Waals surface area contributed by atoms with Gasteiger partial charge in [0.25, 0.3) is 0 Å². The molecule has 0 spiro atoms. The van der Waals surface area contributed by atoms with Crippen LogP contribution in [0.4, 0.5) is 0 Å². The predicted octanol–water partition coefficient (Wildman–Crippen LogP) is 1.35. The highest BCUT2D eigenvalue weighted by atomic mass is 32.1. The molecule has 1 aliphatic heterocycles. The first-order valence-electron chi connectivity index (χ1n) is 3.69. The third-order valence-corrected chi connectivity index (χ3v) is 2.92. The van der Waals surface area contributed by atoms with Crippen molar-refractivity contribution in [3.63, 3.8) is 0 Å². The Morgan fingerprint density at radius 1 is 1.64 bits per heavy atom. The van der Waals surface area contributed by atoms with Crippen molar-refractivity contribution in [2.45, 2.75) is 12.3 Å². The van der Waals surface area contributed by atoms with Crippen LogP contribution in [-0.2, 0) is 4.79 Å². The summed E-state index contributed by atoms with van der Waals surface area (Å²) in [4.78, 5) is 12.4. The summed E-state index contributed by atoms with van der Waals surface area (Å²) in [6.45, 7) is 0.835. The van der Waals surface area contributed by atoms with Crippen LogP contribution in [-0.4, -0.2) is 12.5 Å². The van der Waals surface area contributed by atoms with Crippen LogP contribution in [0, 0.1) is 0 Å². The van der Waals surface area contributed by atoms with Gasteiger partial charge in [0.05, 0.1) is 5.92 Å². The molecule has 1 saturated heterocycles. The van der Waals surface area contributed by atoms with Gasteiger partial charge in [-0.2, -0.15) is 0 Å². The van der Waals surface area contributed by atoms with Crippen molar-refractivity contribution in [1.29, 1.82) is 0 Å². The molecule has 1 unspecified atom stereocenters. The third kappa shape index (κ3) is 1.16. The fourth-order valence-corrected chi connectivity index (χ4v) is 2.22. The van der Waals surface area contributed by atoms with Crippen LogP contribution in [0.5, 0.6) is 0 Å². The van der Waals surface area contributed by atoms with Crippen LogP contribution in [0.1, 0.15) is 17.2 Å². The van der Waals surface area contributed by atoms with E-state index in [4.69, 9.17) is 0 Å². The van der Waals surface area contributed by atoms with Crippen molar-refractivity contribution in [2.75, 3.05) is 6.54 Å². The summed E-state index contributed by atoms with van der Waals surface area (Å²) < 4.78 is 0. The minimum atomic E-state index is 0.134. The van der Waals surface area contributed by atoms with Crippen molar-refractivity contribution in [2.24, 2.45) is 0 Å². The molecular weight excluding hydrogens is 158 g/mol. The topological polar surface area (TPSA) is 29.1 Å². The fraction of sp³-hybridized carbons (Fsp3) is 0.375. The second-order valence-electron chi connectivity index (χ2n) is 2.65. The maximum absolute atomic E-state index is 11.2. The van der Waals surface area contributed by atoms with Gasteiger partial charge < -0.3 is 5.32 Å². The van der Waals surface area contributed by atoms with Gasteiger partial charge in [0, 0.05) is 11.4 Å². The Morgan fingerprint density at radius 3 is 3.09 bits per heavy atom. The molecule has 0 saturated carbocycles. The zero-order valence-corrected chi connectivity index (χ0v) is 6.86. The van der Waals surface area contributed by atoms with Gasteiger partial charge in [-0.3, -0.25) is 4.79 Å². The fourth-order valence-electron chi connectivity index (χ4n) is 1.36. The highest BCUT2D eigenvalue weighted by Gasteiger charge is 2.25. The highest BCUT2D eigenvalue weighted by molar-refractivity contribution is 7.10. The van der Waals surface area contributed by atoms with Crippen molar-refractivity contribution in [1.82, 2.24) is 5.32 Å². The molecule has 1 N–H and O–H groups in total. The Morgan fingerprint density at radius 2 is 2.55 bits per heavy atom. The van der Waals surface area contributed by atoms with E-state index < -0.39 is 0 Å². The maximum atomic E-state index is 11.2. The Balaban J connectivity index is 2.23. The number of hydrogen-bond acceptors (Lipinski definition) is 2. The van der Waals surface area contributed by atoms with Crippen molar-refractivity contribution in [3.8, 4) is 0 Å². The van der Waals surface area contributed by atoms with Crippen LogP contribution in [0.3, 0.4) is 0 Å². The minimum Gasteiger partial charge on any atom is -0.356 e. The van der Waals surface area contributed by atoms with Gasteiger partial charge in [-0.05, 0) is 17.9 Å². The van der Waals surface area contributed by atoms with E-state index in [1.165, 1.54) is 4.88 Å². The molecule has 2 rings (SSSR count). The van der Waals surface area contributed by atoms with Gasteiger partial charge >= 0.3 is 0 Å². The van der Waals surface area contributed by atoms with Gasteiger partial charge in [0.2, 0.25) is 5.91 Å². The van der Waals surface area contributed by atoms with Crippen LogP contribution >= 0.6 is 11.3 Å².